The van der Waals surface area contributed by atoms with Crippen LogP contribution in [0, 0.1) is 13.8 Å². The summed E-state index contributed by atoms with van der Waals surface area (Å²) in [4.78, 5) is 5.82. The van der Waals surface area contributed by atoms with Crippen LogP contribution in [-0.4, -0.2) is 20.6 Å². The average molecular weight is 300 g/mol. The number of nitrogens with zero attached hydrogens (tertiary/aromatic N) is 3. The smallest absolute Gasteiger partial charge is 0.170 e. The van der Waals surface area contributed by atoms with E-state index in [4.69, 9.17) is 10.9 Å². The number of aryl methyl sites for hydroxylation is 2. The maximum Gasteiger partial charge on any atom is 0.170 e. The predicted octanol–water partition coefficient (Wildman–Crippen LogP) is 2.86. The molecule has 0 aliphatic heterocycles. The minimum Gasteiger partial charge on any atom is -0.409 e. The van der Waals surface area contributed by atoms with Crippen LogP contribution in [0.4, 0.5) is 0 Å². The van der Waals surface area contributed by atoms with Gasteiger partial charge in [0, 0.05) is 22.2 Å². The molecular weight excluding hydrogens is 284 g/mol. The van der Waals surface area contributed by atoms with Gasteiger partial charge >= 0.3 is 0 Å². The average Bonchev–Trinajstić information content (AvgIpc) is 3.02. The molecule has 0 fully saturated rings. The Kier molecular flexibility index (Phi) is 3.39. The molecule has 6 heteroatoms. The molecule has 0 unspecified atom stereocenters. The number of rotatable bonds is 3. The van der Waals surface area contributed by atoms with Crippen molar-refractivity contribution in [2.75, 3.05) is 0 Å². The molecule has 108 valence electrons. The number of fused-ring (bicyclic) bond motifs is 1. The van der Waals surface area contributed by atoms with E-state index in [1.54, 1.807) is 11.3 Å². The fourth-order valence-corrected chi connectivity index (χ4v) is 3.22. The van der Waals surface area contributed by atoms with Crippen LogP contribution >= 0.6 is 11.3 Å². The van der Waals surface area contributed by atoms with Crippen LogP contribution < -0.4 is 5.73 Å². The van der Waals surface area contributed by atoms with Gasteiger partial charge in [0.15, 0.2) is 5.84 Å². The quantitative estimate of drug-likeness (QED) is 0.338. The van der Waals surface area contributed by atoms with Crippen LogP contribution in [0.2, 0.25) is 0 Å². The van der Waals surface area contributed by atoms with E-state index >= 15 is 0 Å². The summed E-state index contributed by atoms with van der Waals surface area (Å²) >= 11 is 1.72. The Hall–Kier alpha value is -2.34. The Balaban J connectivity index is 2.02. The number of hydrogen-bond donors (Lipinski definition) is 2. The first-order valence-corrected chi connectivity index (χ1v) is 7.40. The third kappa shape index (κ3) is 2.50. The first-order chi connectivity index (χ1) is 10.1. The van der Waals surface area contributed by atoms with Gasteiger partial charge in [-0.2, -0.15) is 0 Å². The standard InChI is InChI=1S/C15H16N4OS/c1-9-10(2)21-14(17-9)8-19-6-5-11-3-4-12(7-13(11)19)15(16)18-20/h3-7,20H,8H2,1-2H3,(H2,16,18). The lowest BCUT2D eigenvalue weighted by Crippen LogP contribution is -2.13. The highest BCUT2D eigenvalue weighted by atomic mass is 32.1. The van der Waals surface area contributed by atoms with Crippen molar-refractivity contribution in [1.82, 2.24) is 9.55 Å². The Morgan fingerprint density at radius 3 is 2.86 bits per heavy atom. The maximum atomic E-state index is 8.80. The van der Waals surface area contributed by atoms with Gasteiger partial charge in [0.1, 0.15) is 5.01 Å². The van der Waals surface area contributed by atoms with Gasteiger partial charge in [0.2, 0.25) is 0 Å². The molecule has 0 bridgehead atoms. The molecule has 3 rings (SSSR count). The molecule has 0 amide bonds. The lowest BCUT2D eigenvalue weighted by atomic mass is 10.1. The SMILES string of the molecule is Cc1nc(Cn2ccc3ccc(/C(N)=N/O)cc32)sc1C. The molecule has 0 aliphatic carbocycles. The molecule has 0 spiro atoms. The molecule has 5 nitrogen and oxygen atoms in total. The van der Waals surface area contributed by atoms with E-state index in [1.807, 2.05) is 31.3 Å². The van der Waals surface area contributed by atoms with Gasteiger partial charge in [-0.15, -0.1) is 11.3 Å². The molecule has 2 aromatic heterocycles. The summed E-state index contributed by atoms with van der Waals surface area (Å²) in [6.45, 7) is 4.84. The van der Waals surface area contributed by atoms with Crippen molar-refractivity contribution in [3.05, 3.63) is 51.6 Å². The number of amidine groups is 1. The summed E-state index contributed by atoms with van der Waals surface area (Å²) in [6.07, 6.45) is 2.03. The Bertz CT molecular complexity index is 812. The molecule has 0 saturated heterocycles. The van der Waals surface area contributed by atoms with Gasteiger partial charge in [0.25, 0.3) is 0 Å². The van der Waals surface area contributed by atoms with E-state index in [1.165, 1.54) is 4.88 Å². The third-order valence-corrected chi connectivity index (χ3v) is 4.61. The molecule has 1 aromatic carbocycles. The topological polar surface area (TPSA) is 76.4 Å². The fraction of sp³-hybridized carbons (Fsp3) is 0.200. The highest BCUT2D eigenvalue weighted by Crippen LogP contribution is 2.22. The second kappa shape index (κ2) is 5.21. The number of benzene rings is 1. The van der Waals surface area contributed by atoms with Gasteiger partial charge in [-0.25, -0.2) is 4.98 Å². The van der Waals surface area contributed by atoms with Crippen molar-refractivity contribution >= 4 is 28.1 Å². The van der Waals surface area contributed by atoms with Crippen LogP contribution in [0.15, 0.2) is 35.6 Å². The number of nitrogens with two attached hydrogens (primary N) is 1. The highest BCUT2D eigenvalue weighted by molar-refractivity contribution is 7.11. The van der Waals surface area contributed by atoms with Gasteiger partial charge in [0.05, 0.1) is 12.2 Å². The Morgan fingerprint density at radius 2 is 2.19 bits per heavy atom. The largest absolute Gasteiger partial charge is 0.409 e. The zero-order valence-electron chi connectivity index (χ0n) is 11.9. The third-order valence-electron chi connectivity index (χ3n) is 3.56. The predicted molar refractivity (Wildman–Crippen MR) is 85.1 cm³/mol. The summed E-state index contributed by atoms with van der Waals surface area (Å²) in [7, 11) is 0. The summed E-state index contributed by atoms with van der Waals surface area (Å²) in [5, 5.41) is 14.1. The molecule has 0 saturated carbocycles. The first kappa shape index (κ1) is 13.6. The van der Waals surface area contributed by atoms with E-state index in [2.05, 4.69) is 27.7 Å². The second-order valence-corrected chi connectivity index (χ2v) is 6.24. The normalized spacial score (nSPS) is 12.2. The van der Waals surface area contributed by atoms with Crippen LogP contribution in [-0.2, 0) is 6.54 Å². The minimum atomic E-state index is 0.116. The van der Waals surface area contributed by atoms with E-state index in [-0.39, 0.29) is 5.84 Å². The number of thiazole rings is 1. The van der Waals surface area contributed by atoms with Crippen LogP contribution in [0.25, 0.3) is 10.9 Å². The van der Waals surface area contributed by atoms with E-state index in [0.717, 1.165) is 28.1 Å². The van der Waals surface area contributed by atoms with Crippen molar-refractivity contribution in [3.63, 3.8) is 0 Å². The summed E-state index contributed by atoms with van der Waals surface area (Å²) in [5.41, 5.74) is 8.50. The number of hydrogen-bond acceptors (Lipinski definition) is 4. The molecular formula is C15H16N4OS. The molecule has 21 heavy (non-hydrogen) atoms. The van der Waals surface area contributed by atoms with E-state index < -0.39 is 0 Å². The second-order valence-electron chi connectivity index (χ2n) is 4.95. The van der Waals surface area contributed by atoms with Gasteiger partial charge in [-0.05, 0) is 31.4 Å². The molecule has 0 radical (unpaired) electrons. The monoisotopic (exact) mass is 300 g/mol. The van der Waals surface area contributed by atoms with Crippen LogP contribution in [0.5, 0.6) is 0 Å². The fourth-order valence-electron chi connectivity index (χ4n) is 2.29. The molecule has 2 heterocycles. The minimum absolute atomic E-state index is 0.116. The lowest BCUT2D eigenvalue weighted by Gasteiger charge is -2.05. The van der Waals surface area contributed by atoms with Crippen molar-refractivity contribution in [3.8, 4) is 0 Å². The van der Waals surface area contributed by atoms with Crippen molar-refractivity contribution in [2.24, 2.45) is 10.9 Å². The molecule has 3 N–H and O–H groups in total. The van der Waals surface area contributed by atoms with Crippen LogP contribution in [0.3, 0.4) is 0 Å². The molecule has 0 atom stereocenters. The number of aromatic nitrogens is 2. The van der Waals surface area contributed by atoms with Gasteiger partial charge in [-0.1, -0.05) is 17.3 Å². The van der Waals surface area contributed by atoms with Crippen LogP contribution in [0.1, 0.15) is 21.1 Å². The zero-order chi connectivity index (χ0) is 15.0. The number of oxime groups is 1. The molecule has 3 aromatic rings. The lowest BCUT2D eigenvalue weighted by molar-refractivity contribution is 0.318. The zero-order valence-corrected chi connectivity index (χ0v) is 12.7. The maximum absolute atomic E-state index is 8.80. The van der Waals surface area contributed by atoms with E-state index in [0.29, 0.717) is 5.56 Å². The van der Waals surface area contributed by atoms with E-state index in [9.17, 15) is 0 Å². The van der Waals surface area contributed by atoms with Crippen molar-refractivity contribution in [1.29, 1.82) is 0 Å². The van der Waals surface area contributed by atoms with Crippen molar-refractivity contribution in [2.45, 2.75) is 20.4 Å². The summed E-state index contributed by atoms with van der Waals surface area (Å²) < 4.78 is 2.13. The Morgan fingerprint density at radius 1 is 1.38 bits per heavy atom. The highest BCUT2D eigenvalue weighted by Gasteiger charge is 2.08. The van der Waals surface area contributed by atoms with Gasteiger partial charge in [-0.3, -0.25) is 0 Å². The summed E-state index contributed by atoms with van der Waals surface area (Å²) in [6, 6.07) is 7.80. The molecule has 0 aliphatic rings. The first-order valence-electron chi connectivity index (χ1n) is 6.58. The Labute approximate surface area is 126 Å². The van der Waals surface area contributed by atoms with Crippen molar-refractivity contribution < 1.29 is 5.21 Å². The van der Waals surface area contributed by atoms with Gasteiger partial charge < -0.3 is 15.5 Å². The summed E-state index contributed by atoms with van der Waals surface area (Å²) in [5.74, 6) is 0.116.